The smallest absolute Gasteiger partial charge is 0.262 e. The van der Waals surface area contributed by atoms with Crippen molar-refractivity contribution in [2.24, 2.45) is 0 Å². The van der Waals surface area contributed by atoms with Gasteiger partial charge in [-0.1, -0.05) is 23.9 Å². The van der Waals surface area contributed by atoms with E-state index in [-0.39, 0.29) is 40.8 Å². The Hall–Kier alpha value is -1.91. The molecule has 0 bridgehead atoms. The largest absolute Gasteiger partial charge is 0.339 e. The summed E-state index contributed by atoms with van der Waals surface area (Å²) in [5, 5.41) is 1.14. The highest BCUT2D eigenvalue weighted by molar-refractivity contribution is 7.99. The lowest BCUT2D eigenvalue weighted by molar-refractivity contribution is -0.130. The highest BCUT2D eigenvalue weighted by atomic mass is 32.2. The molecule has 2 aliphatic rings. The van der Waals surface area contributed by atoms with Crippen molar-refractivity contribution >= 4 is 38.4 Å². The number of carbonyl (C=O) groups is 1. The molecule has 168 valence electrons. The van der Waals surface area contributed by atoms with E-state index < -0.39 is 9.84 Å². The molecule has 0 saturated carbocycles. The van der Waals surface area contributed by atoms with Crippen molar-refractivity contribution in [1.82, 2.24) is 19.4 Å². The summed E-state index contributed by atoms with van der Waals surface area (Å²) < 4.78 is 25.1. The monoisotopic (exact) mass is 464 g/mol. The van der Waals surface area contributed by atoms with Crippen LogP contribution in [0.25, 0.3) is 10.9 Å². The third kappa shape index (κ3) is 4.80. The summed E-state index contributed by atoms with van der Waals surface area (Å²) in [5.41, 5.74) is 0.551. The molecule has 10 heteroatoms. The number of nitrogens with zero attached hydrogens (tertiary/aromatic N) is 4. The van der Waals surface area contributed by atoms with Crippen molar-refractivity contribution in [2.45, 2.75) is 37.5 Å². The highest BCUT2D eigenvalue weighted by Crippen LogP contribution is 2.23. The summed E-state index contributed by atoms with van der Waals surface area (Å²) >= 11 is 1.30. The first-order valence-electron chi connectivity index (χ1n) is 10.6. The fourth-order valence-electron chi connectivity index (χ4n) is 4.30. The summed E-state index contributed by atoms with van der Waals surface area (Å²) in [6.45, 7) is 6.46. The van der Waals surface area contributed by atoms with Gasteiger partial charge in [0.05, 0.1) is 28.2 Å². The zero-order valence-electron chi connectivity index (χ0n) is 17.9. The van der Waals surface area contributed by atoms with Gasteiger partial charge in [0.15, 0.2) is 15.0 Å². The number of piperazine rings is 1. The van der Waals surface area contributed by atoms with E-state index in [1.54, 1.807) is 10.6 Å². The molecule has 0 unspecified atom stereocenters. The van der Waals surface area contributed by atoms with Crippen molar-refractivity contribution in [2.75, 3.05) is 43.4 Å². The molecule has 1 aromatic heterocycles. The van der Waals surface area contributed by atoms with Gasteiger partial charge < -0.3 is 4.90 Å². The standard InChI is InChI=1S/C21H28N4O4S2/c1-15(2)25-20(27)17-5-3-4-6-18(17)22-21(25)30-13-19(26)24-10-8-23(9-11-24)16-7-12-31(28,29)14-16/h3-6,15-16H,7-14H2,1-2H3/t16-/m0/s1. The molecule has 3 heterocycles. The van der Waals surface area contributed by atoms with Crippen molar-refractivity contribution in [1.29, 1.82) is 0 Å². The molecule has 8 nitrogen and oxygen atoms in total. The maximum absolute atomic E-state index is 12.9. The van der Waals surface area contributed by atoms with Crippen molar-refractivity contribution in [3.8, 4) is 0 Å². The van der Waals surface area contributed by atoms with Crippen molar-refractivity contribution in [3.63, 3.8) is 0 Å². The summed E-state index contributed by atoms with van der Waals surface area (Å²) in [6.07, 6.45) is 0.687. The number of fused-ring (bicyclic) bond motifs is 1. The summed E-state index contributed by atoms with van der Waals surface area (Å²) in [7, 11) is -2.90. The Kier molecular flexibility index (Phi) is 6.41. The number of hydrogen-bond donors (Lipinski definition) is 0. The van der Waals surface area contributed by atoms with Gasteiger partial charge in [0.1, 0.15) is 0 Å². The van der Waals surface area contributed by atoms with E-state index in [4.69, 9.17) is 0 Å². The summed E-state index contributed by atoms with van der Waals surface area (Å²) in [6, 6.07) is 7.29. The van der Waals surface area contributed by atoms with Crippen LogP contribution in [0.3, 0.4) is 0 Å². The van der Waals surface area contributed by atoms with Crippen LogP contribution in [0, 0.1) is 0 Å². The molecular weight excluding hydrogens is 436 g/mol. The van der Waals surface area contributed by atoms with E-state index in [0.29, 0.717) is 48.7 Å². The molecule has 1 amide bonds. The fourth-order valence-corrected chi connectivity index (χ4v) is 7.09. The molecule has 31 heavy (non-hydrogen) atoms. The van der Waals surface area contributed by atoms with Gasteiger partial charge in [-0.15, -0.1) is 0 Å². The lowest BCUT2D eigenvalue weighted by Gasteiger charge is -2.37. The van der Waals surface area contributed by atoms with Crippen LogP contribution in [0.5, 0.6) is 0 Å². The number of sulfone groups is 1. The lowest BCUT2D eigenvalue weighted by Crippen LogP contribution is -2.52. The zero-order chi connectivity index (χ0) is 22.2. The molecule has 0 radical (unpaired) electrons. The number of para-hydroxylation sites is 1. The quantitative estimate of drug-likeness (QED) is 0.488. The van der Waals surface area contributed by atoms with Crippen LogP contribution in [0.15, 0.2) is 34.2 Å². The number of carbonyl (C=O) groups excluding carboxylic acids is 1. The third-order valence-electron chi connectivity index (χ3n) is 6.01. The van der Waals surface area contributed by atoms with Gasteiger partial charge in [-0.05, 0) is 32.4 Å². The summed E-state index contributed by atoms with van der Waals surface area (Å²) in [5.74, 6) is 0.734. The average molecular weight is 465 g/mol. The van der Waals surface area contributed by atoms with E-state index >= 15 is 0 Å². The van der Waals surface area contributed by atoms with Crippen molar-refractivity contribution < 1.29 is 13.2 Å². The predicted octanol–water partition coefficient (Wildman–Crippen LogP) is 1.40. The molecule has 2 aliphatic heterocycles. The number of amides is 1. The molecule has 2 aromatic rings. The summed E-state index contributed by atoms with van der Waals surface area (Å²) in [4.78, 5) is 34.4. The molecule has 0 N–H and O–H groups in total. The van der Waals surface area contributed by atoms with Gasteiger partial charge in [-0.25, -0.2) is 13.4 Å². The highest BCUT2D eigenvalue weighted by Gasteiger charge is 2.34. The van der Waals surface area contributed by atoms with Gasteiger partial charge in [0.2, 0.25) is 5.91 Å². The van der Waals surface area contributed by atoms with Crippen LogP contribution in [-0.4, -0.2) is 83.2 Å². The first-order chi connectivity index (χ1) is 14.7. The van der Waals surface area contributed by atoms with Crippen molar-refractivity contribution in [3.05, 3.63) is 34.6 Å². The number of benzene rings is 1. The minimum absolute atomic E-state index is 0.0152. The van der Waals surface area contributed by atoms with Crippen LogP contribution < -0.4 is 5.56 Å². The van der Waals surface area contributed by atoms with Gasteiger partial charge in [-0.2, -0.15) is 0 Å². The average Bonchev–Trinajstić information content (AvgIpc) is 3.11. The van der Waals surface area contributed by atoms with E-state index in [2.05, 4.69) is 9.88 Å². The van der Waals surface area contributed by atoms with Crippen LogP contribution in [0.2, 0.25) is 0 Å². The van der Waals surface area contributed by atoms with Gasteiger partial charge in [0, 0.05) is 38.3 Å². The number of aromatic nitrogens is 2. The maximum Gasteiger partial charge on any atom is 0.262 e. The lowest BCUT2D eigenvalue weighted by atomic mass is 10.2. The SMILES string of the molecule is CC(C)n1c(SCC(=O)N2CCN([C@H]3CCS(=O)(=O)C3)CC2)nc2ccccc2c1=O. The van der Waals surface area contributed by atoms with Crippen LogP contribution in [0.1, 0.15) is 26.3 Å². The molecule has 2 saturated heterocycles. The zero-order valence-corrected chi connectivity index (χ0v) is 19.5. The van der Waals surface area contributed by atoms with E-state index in [0.717, 1.165) is 0 Å². The number of hydrogen-bond acceptors (Lipinski definition) is 7. The third-order valence-corrected chi connectivity index (χ3v) is 8.70. The first-order valence-corrected chi connectivity index (χ1v) is 13.4. The molecule has 4 rings (SSSR count). The molecular formula is C21H28N4O4S2. The number of rotatable bonds is 5. The fraction of sp³-hybridized carbons (Fsp3) is 0.571. The van der Waals surface area contributed by atoms with Crippen LogP contribution >= 0.6 is 11.8 Å². The Morgan fingerprint density at radius 3 is 2.55 bits per heavy atom. The Bertz CT molecular complexity index is 1140. The molecule has 0 aliphatic carbocycles. The van der Waals surface area contributed by atoms with E-state index in [1.165, 1.54) is 11.8 Å². The van der Waals surface area contributed by atoms with Gasteiger partial charge >= 0.3 is 0 Å². The second kappa shape index (κ2) is 8.91. The molecule has 1 aromatic carbocycles. The minimum Gasteiger partial charge on any atom is -0.339 e. The molecule has 0 spiro atoms. The second-order valence-electron chi connectivity index (χ2n) is 8.44. The normalized spacial score (nSPS) is 21.8. The Morgan fingerprint density at radius 2 is 1.90 bits per heavy atom. The maximum atomic E-state index is 12.9. The molecule has 2 fully saturated rings. The van der Waals surface area contributed by atoms with E-state index in [1.807, 2.05) is 36.9 Å². The Balaban J connectivity index is 1.40. The Morgan fingerprint density at radius 1 is 1.19 bits per heavy atom. The first kappa shape index (κ1) is 22.3. The van der Waals surface area contributed by atoms with Gasteiger partial charge in [-0.3, -0.25) is 19.1 Å². The topological polar surface area (TPSA) is 92.6 Å². The van der Waals surface area contributed by atoms with Gasteiger partial charge in [0.25, 0.3) is 5.56 Å². The predicted molar refractivity (Wildman–Crippen MR) is 122 cm³/mol. The van der Waals surface area contributed by atoms with E-state index in [9.17, 15) is 18.0 Å². The second-order valence-corrected chi connectivity index (χ2v) is 11.6. The minimum atomic E-state index is -2.90. The Labute approximate surface area is 186 Å². The van der Waals surface area contributed by atoms with Crippen LogP contribution in [0.4, 0.5) is 0 Å². The molecule has 1 atom stereocenters. The number of thioether (sulfide) groups is 1. The van der Waals surface area contributed by atoms with Crippen LogP contribution in [-0.2, 0) is 14.6 Å².